The highest BCUT2D eigenvalue weighted by Gasteiger charge is 2.20. The largest absolute Gasteiger partial charge is 0.398 e. The van der Waals surface area contributed by atoms with Crippen LogP contribution in [-0.2, 0) is 4.79 Å². The van der Waals surface area contributed by atoms with E-state index in [-0.39, 0.29) is 18.0 Å². The molecule has 1 amide bonds. The van der Waals surface area contributed by atoms with Crippen molar-refractivity contribution in [3.63, 3.8) is 0 Å². The van der Waals surface area contributed by atoms with Crippen LogP contribution in [0.2, 0.25) is 0 Å². The molecule has 24 heavy (non-hydrogen) atoms. The number of nitrogens with two attached hydrogens (primary N) is 1. The van der Waals surface area contributed by atoms with E-state index in [1.807, 2.05) is 87.2 Å². The maximum Gasteiger partial charge on any atom is 0.247 e. The SMILES string of the molecule is CC(C)N(C(=O)C=C(c1ccccc1)c1ccccc1N)C(C)C. The van der Waals surface area contributed by atoms with Gasteiger partial charge in [-0.25, -0.2) is 0 Å². The van der Waals surface area contributed by atoms with Gasteiger partial charge in [0.1, 0.15) is 0 Å². The number of anilines is 1. The number of carbonyl (C=O) groups is 1. The van der Waals surface area contributed by atoms with Crippen LogP contribution in [0.1, 0.15) is 38.8 Å². The Morgan fingerprint density at radius 1 is 0.917 bits per heavy atom. The zero-order valence-corrected chi connectivity index (χ0v) is 14.9. The zero-order chi connectivity index (χ0) is 17.7. The van der Waals surface area contributed by atoms with E-state index in [9.17, 15) is 4.79 Å². The lowest BCUT2D eigenvalue weighted by Crippen LogP contribution is -2.41. The molecule has 0 saturated heterocycles. The quantitative estimate of drug-likeness (QED) is 0.657. The molecule has 0 aromatic heterocycles. The van der Waals surface area contributed by atoms with Gasteiger partial charge in [-0.05, 0) is 44.9 Å². The van der Waals surface area contributed by atoms with E-state index in [0.717, 1.165) is 16.7 Å². The first-order valence-electron chi connectivity index (χ1n) is 8.36. The average Bonchev–Trinajstić information content (AvgIpc) is 2.53. The second kappa shape index (κ2) is 7.82. The molecule has 2 aromatic carbocycles. The van der Waals surface area contributed by atoms with Crippen LogP contribution in [-0.4, -0.2) is 22.9 Å². The second-order valence-electron chi connectivity index (χ2n) is 6.44. The molecule has 0 fully saturated rings. The molecular weight excluding hydrogens is 296 g/mol. The number of hydrogen-bond acceptors (Lipinski definition) is 2. The average molecular weight is 322 g/mol. The molecule has 2 N–H and O–H groups in total. The number of hydrogen-bond donors (Lipinski definition) is 1. The van der Waals surface area contributed by atoms with E-state index in [2.05, 4.69) is 0 Å². The fourth-order valence-electron chi connectivity index (χ4n) is 2.98. The fraction of sp³-hybridized carbons (Fsp3) is 0.286. The standard InChI is InChI=1S/C21H26N2O/c1-15(2)23(16(3)4)21(24)14-19(17-10-6-5-7-11-17)18-12-8-9-13-20(18)22/h5-16H,22H2,1-4H3. The summed E-state index contributed by atoms with van der Waals surface area (Å²) in [6.07, 6.45) is 1.71. The summed E-state index contributed by atoms with van der Waals surface area (Å²) in [4.78, 5) is 14.8. The van der Waals surface area contributed by atoms with E-state index in [4.69, 9.17) is 5.73 Å². The van der Waals surface area contributed by atoms with Crippen LogP contribution in [0.3, 0.4) is 0 Å². The van der Waals surface area contributed by atoms with Crippen LogP contribution in [0.5, 0.6) is 0 Å². The van der Waals surface area contributed by atoms with E-state index in [0.29, 0.717) is 5.69 Å². The monoisotopic (exact) mass is 322 g/mol. The van der Waals surface area contributed by atoms with Gasteiger partial charge in [-0.3, -0.25) is 4.79 Å². The van der Waals surface area contributed by atoms with Crippen molar-refractivity contribution in [3.05, 3.63) is 71.8 Å². The van der Waals surface area contributed by atoms with Crippen LogP contribution in [0.25, 0.3) is 5.57 Å². The van der Waals surface area contributed by atoms with Crippen molar-refractivity contribution in [2.75, 3.05) is 5.73 Å². The lowest BCUT2D eigenvalue weighted by molar-refractivity contribution is -0.129. The molecule has 0 saturated carbocycles. The zero-order valence-electron chi connectivity index (χ0n) is 14.9. The summed E-state index contributed by atoms with van der Waals surface area (Å²) < 4.78 is 0. The van der Waals surface area contributed by atoms with Crippen molar-refractivity contribution in [1.82, 2.24) is 4.90 Å². The van der Waals surface area contributed by atoms with E-state index in [1.165, 1.54) is 0 Å². The Morgan fingerprint density at radius 2 is 1.46 bits per heavy atom. The third-order valence-electron chi connectivity index (χ3n) is 3.97. The van der Waals surface area contributed by atoms with Gasteiger partial charge in [0, 0.05) is 29.4 Å². The summed E-state index contributed by atoms with van der Waals surface area (Å²) in [6, 6.07) is 17.8. The van der Waals surface area contributed by atoms with Crippen LogP contribution >= 0.6 is 0 Å². The molecule has 0 spiro atoms. The van der Waals surface area contributed by atoms with Gasteiger partial charge in [-0.15, -0.1) is 0 Å². The first-order chi connectivity index (χ1) is 11.4. The first kappa shape index (κ1) is 17.8. The molecule has 0 bridgehead atoms. The fourth-order valence-corrected chi connectivity index (χ4v) is 2.98. The highest BCUT2D eigenvalue weighted by molar-refractivity contribution is 6.01. The maximum atomic E-state index is 12.9. The molecule has 3 heteroatoms. The van der Waals surface area contributed by atoms with Gasteiger partial charge in [0.25, 0.3) is 0 Å². The molecular formula is C21H26N2O. The number of amides is 1. The van der Waals surface area contributed by atoms with Crippen LogP contribution < -0.4 is 5.73 Å². The molecule has 0 atom stereocenters. The molecule has 0 aliphatic carbocycles. The van der Waals surface area contributed by atoms with Gasteiger partial charge < -0.3 is 10.6 Å². The van der Waals surface area contributed by atoms with Crippen molar-refractivity contribution in [2.45, 2.75) is 39.8 Å². The van der Waals surface area contributed by atoms with Gasteiger partial charge in [0.05, 0.1) is 0 Å². The van der Waals surface area contributed by atoms with Gasteiger partial charge in [0.2, 0.25) is 5.91 Å². The first-order valence-corrected chi connectivity index (χ1v) is 8.36. The Morgan fingerprint density at radius 3 is 2.00 bits per heavy atom. The van der Waals surface area contributed by atoms with Gasteiger partial charge in [-0.1, -0.05) is 48.5 Å². The molecule has 0 heterocycles. The van der Waals surface area contributed by atoms with E-state index >= 15 is 0 Å². The smallest absolute Gasteiger partial charge is 0.247 e. The second-order valence-corrected chi connectivity index (χ2v) is 6.44. The third-order valence-corrected chi connectivity index (χ3v) is 3.97. The summed E-state index contributed by atoms with van der Waals surface area (Å²) in [5, 5.41) is 0. The Bertz CT molecular complexity index is 710. The molecule has 2 rings (SSSR count). The predicted octanol–water partition coefficient (Wildman–Crippen LogP) is 4.35. The normalized spacial score (nSPS) is 11.8. The molecule has 2 aromatic rings. The molecule has 0 aliphatic heterocycles. The maximum absolute atomic E-state index is 12.9. The van der Waals surface area contributed by atoms with Crippen LogP contribution in [0, 0.1) is 0 Å². The van der Waals surface area contributed by atoms with Crippen molar-refractivity contribution in [1.29, 1.82) is 0 Å². The lowest BCUT2D eigenvalue weighted by Gasteiger charge is -2.30. The van der Waals surface area contributed by atoms with Crippen LogP contribution in [0.4, 0.5) is 5.69 Å². The van der Waals surface area contributed by atoms with Crippen molar-refractivity contribution < 1.29 is 4.79 Å². The predicted molar refractivity (Wildman–Crippen MR) is 101 cm³/mol. The summed E-state index contributed by atoms with van der Waals surface area (Å²) in [5.74, 6) is 0.00195. The number of benzene rings is 2. The topological polar surface area (TPSA) is 46.3 Å². The Kier molecular flexibility index (Phi) is 5.80. The third kappa shape index (κ3) is 4.05. The lowest BCUT2D eigenvalue weighted by atomic mass is 9.95. The Labute approximate surface area is 144 Å². The van der Waals surface area contributed by atoms with Crippen LogP contribution in [0.15, 0.2) is 60.7 Å². The highest BCUT2D eigenvalue weighted by atomic mass is 16.2. The Hall–Kier alpha value is -2.55. The number of para-hydroxylation sites is 1. The summed E-state index contributed by atoms with van der Waals surface area (Å²) in [6.45, 7) is 8.13. The summed E-state index contributed by atoms with van der Waals surface area (Å²) >= 11 is 0. The number of carbonyl (C=O) groups excluding carboxylic acids is 1. The summed E-state index contributed by atoms with van der Waals surface area (Å²) in [7, 11) is 0. The number of rotatable bonds is 5. The minimum absolute atomic E-state index is 0.00195. The Balaban J connectivity index is 2.55. The van der Waals surface area contributed by atoms with E-state index < -0.39 is 0 Å². The van der Waals surface area contributed by atoms with Crippen molar-refractivity contribution in [3.8, 4) is 0 Å². The highest BCUT2D eigenvalue weighted by Crippen LogP contribution is 2.28. The molecule has 126 valence electrons. The molecule has 0 unspecified atom stereocenters. The summed E-state index contributed by atoms with van der Waals surface area (Å²) in [5.41, 5.74) is 9.55. The number of nitrogens with zero attached hydrogens (tertiary/aromatic N) is 1. The van der Waals surface area contributed by atoms with Gasteiger partial charge in [-0.2, -0.15) is 0 Å². The van der Waals surface area contributed by atoms with E-state index in [1.54, 1.807) is 6.08 Å². The molecule has 0 radical (unpaired) electrons. The number of nitrogen functional groups attached to an aromatic ring is 1. The van der Waals surface area contributed by atoms with Gasteiger partial charge >= 0.3 is 0 Å². The minimum Gasteiger partial charge on any atom is -0.398 e. The molecule has 3 nitrogen and oxygen atoms in total. The van der Waals surface area contributed by atoms with Crippen molar-refractivity contribution >= 4 is 17.2 Å². The molecule has 0 aliphatic rings. The minimum atomic E-state index is 0.00195. The van der Waals surface area contributed by atoms with Crippen molar-refractivity contribution in [2.24, 2.45) is 0 Å². The van der Waals surface area contributed by atoms with Gasteiger partial charge in [0.15, 0.2) is 0 Å².